The van der Waals surface area contributed by atoms with Gasteiger partial charge in [0.05, 0.1) is 10.7 Å². The van der Waals surface area contributed by atoms with Gasteiger partial charge < -0.3 is 9.88 Å². The Bertz CT molecular complexity index is 618. The number of halogens is 1. The minimum absolute atomic E-state index is 0.00820. The third kappa shape index (κ3) is 2.58. The predicted molar refractivity (Wildman–Crippen MR) is 77.0 cm³/mol. The number of rotatable bonds is 2. The first-order valence-electron chi connectivity index (χ1n) is 6.78. The molecular weight excluding hydrogens is 276 g/mol. The van der Waals surface area contributed by atoms with Crippen LogP contribution in [0.2, 0.25) is 5.02 Å². The highest BCUT2D eigenvalue weighted by Crippen LogP contribution is 2.27. The molecule has 3 rings (SSSR count). The Hall–Kier alpha value is -1.75. The fraction of sp³-hybridized carbons (Fsp3) is 0.429. The van der Waals surface area contributed by atoms with Crippen molar-refractivity contribution < 1.29 is 4.79 Å². The Labute approximate surface area is 122 Å². The summed E-state index contributed by atoms with van der Waals surface area (Å²) in [6.07, 6.45) is 3.70. The maximum Gasteiger partial charge on any atom is 0.270 e. The van der Waals surface area contributed by atoms with Crippen molar-refractivity contribution in [2.75, 3.05) is 13.1 Å². The number of likely N-dealkylation sites (tertiary alicyclic amines) is 1. The van der Waals surface area contributed by atoms with Gasteiger partial charge in [-0.3, -0.25) is 9.89 Å². The van der Waals surface area contributed by atoms with Gasteiger partial charge in [-0.05, 0) is 31.9 Å². The standard InChI is InChI=1S/C14H17ClN4O/c1-9-5-12(18-17-9)10-3-2-4-19(8-10)14(20)13-6-11(15)7-16-13/h5-7,10,16H,2-4,8H2,1H3,(H,17,18). The molecule has 1 unspecified atom stereocenters. The lowest BCUT2D eigenvalue weighted by molar-refractivity contribution is 0.0700. The highest BCUT2D eigenvalue weighted by molar-refractivity contribution is 6.30. The Morgan fingerprint density at radius 2 is 2.35 bits per heavy atom. The fourth-order valence-electron chi connectivity index (χ4n) is 2.71. The summed E-state index contributed by atoms with van der Waals surface area (Å²) in [5.41, 5.74) is 2.65. The number of H-pyrrole nitrogens is 2. The van der Waals surface area contributed by atoms with Crippen LogP contribution >= 0.6 is 11.6 Å². The van der Waals surface area contributed by atoms with E-state index in [-0.39, 0.29) is 5.91 Å². The minimum Gasteiger partial charge on any atom is -0.356 e. The number of hydrogen-bond donors (Lipinski definition) is 2. The van der Waals surface area contributed by atoms with Gasteiger partial charge in [-0.15, -0.1) is 0 Å². The maximum atomic E-state index is 12.4. The SMILES string of the molecule is Cc1cc(C2CCCN(C(=O)c3cc(Cl)c[nH]3)C2)n[nH]1. The number of aromatic amines is 2. The molecule has 20 heavy (non-hydrogen) atoms. The molecule has 0 spiro atoms. The highest BCUT2D eigenvalue weighted by Gasteiger charge is 2.27. The van der Waals surface area contributed by atoms with Crippen LogP contribution in [0.15, 0.2) is 18.3 Å². The van der Waals surface area contributed by atoms with E-state index in [2.05, 4.69) is 21.2 Å². The van der Waals surface area contributed by atoms with Crippen molar-refractivity contribution in [3.05, 3.63) is 40.4 Å². The monoisotopic (exact) mass is 292 g/mol. The van der Waals surface area contributed by atoms with E-state index < -0.39 is 0 Å². The molecule has 2 N–H and O–H groups in total. The van der Waals surface area contributed by atoms with Gasteiger partial charge in [-0.2, -0.15) is 5.10 Å². The predicted octanol–water partition coefficient (Wildman–Crippen LogP) is 2.72. The summed E-state index contributed by atoms with van der Waals surface area (Å²) in [6, 6.07) is 3.73. The average Bonchev–Trinajstić information content (AvgIpc) is 3.07. The van der Waals surface area contributed by atoms with Gasteiger partial charge in [-0.25, -0.2) is 0 Å². The van der Waals surface area contributed by atoms with Gasteiger partial charge in [0.2, 0.25) is 0 Å². The molecule has 0 aliphatic carbocycles. The average molecular weight is 293 g/mol. The zero-order valence-corrected chi connectivity index (χ0v) is 12.1. The molecule has 1 amide bonds. The van der Waals surface area contributed by atoms with Gasteiger partial charge >= 0.3 is 0 Å². The molecule has 0 saturated carbocycles. The molecule has 1 saturated heterocycles. The van der Waals surface area contributed by atoms with E-state index in [1.165, 1.54) is 0 Å². The first-order valence-corrected chi connectivity index (χ1v) is 7.16. The quantitative estimate of drug-likeness (QED) is 0.894. The first-order chi connectivity index (χ1) is 9.63. The molecule has 0 bridgehead atoms. The number of amides is 1. The second kappa shape index (κ2) is 5.32. The summed E-state index contributed by atoms with van der Waals surface area (Å²) in [4.78, 5) is 17.2. The summed E-state index contributed by atoms with van der Waals surface area (Å²) >= 11 is 5.85. The normalized spacial score (nSPS) is 19.3. The van der Waals surface area contributed by atoms with Gasteiger partial charge in [-0.1, -0.05) is 11.6 Å². The molecule has 6 heteroatoms. The lowest BCUT2D eigenvalue weighted by atomic mass is 9.94. The van der Waals surface area contributed by atoms with E-state index in [0.29, 0.717) is 23.2 Å². The van der Waals surface area contributed by atoms with Gasteiger partial charge in [0.25, 0.3) is 5.91 Å². The molecule has 1 aliphatic heterocycles. The molecule has 1 fully saturated rings. The number of nitrogens with one attached hydrogen (secondary N) is 2. The maximum absolute atomic E-state index is 12.4. The van der Waals surface area contributed by atoms with E-state index in [4.69, 9.17) is 11.6 Å². The Morgan fingerprint density at radius 3 is 3.00 bits per heavy atom. The van der Waals surface area contributed by atoms with Gasteiger partial charge in [0, 0.05) is 30.9 Å². The van der Waals surface area contributed by atoms with Crippen LogP contribution in [-0.2, 0) is 0 Å². The van der Waals surface area contributed by atoms with Crippen molar-refractivity contribution in [3.8, 4) is 0 Å². The van der Waals surface area contributed by atoms with Crippen molar-refractivity contribution in [2.45, 2.75) is 25.7 Å². The molecule has 5 nitrogen and oxygen atoms in total. The lowest BCUT2D eigenvalue weighted by Crippen LogP contribution is -2.39. The van der Waals surface area contributed by atoms with Crippen molar-refractivity contribution in [1.29, 1.82) is 0 Å². The minimum atomic E-state index is 0.00820. The third-order valence-electron chi connectivity index (χ3n) is 3.73. The van der Waals surface area contributed by atoms with Crippen molar-refractivity contribution in [2.24, 2.45) is 0 Å². The molecule has 106 valence electrons. The molecule has 0 aromatic carbocycles. The molecular formula is C14H17ClN4O. The van der Waals surface area contributed by atoms with Gasteiger partial charge in [0.1, 0.15) is 5.69 Å². The van der Waals surface area contributed by atoms with Crippen LogP contribution in [0.25, 0.3) is 0 Å². The number of aromatic nitrogens is 3. The summed E-state index contributed by atoms with van der Waals surface area (Å²) in [5.74, 6) is 0.317. The van der Waals surface area contributed by atoms with Crippen LogP contribution in [-0.4, -0.2) is 39.1 Å². The van der Waals surface area contributed by atoms with E-state index in [1.807, 2.05) is 11.8 Å². The van der Waals surface area contributed by atoms with E-state index >= 15 is 0 Å². The molecule has 2 aromatic heterocycles. The van der Waals surface area contributed by atoms with E-state index in [0.717, 1.165) is 30.8 Å². The second-order valence-corrected chi connectivity index (χ2v) is 5.73. The number of hydrogen-bond acceptors (Lipinski definition) is 2. The van der Waals surface area contributed by atoms with Crippen molar-refractivity contribution >= 4 is 17.5 Å². The first kappa shape index (κ1) is 13.2. The lowest BCUT2D eigenvalue weighted by Gasteiger charge is -2.31. The molecule has 2 aromatic rings. The summed E-state index contributed by atoms with van der Waals surface area (Å²) < 4.78 is 0. The topological polar surface area (TPSA) is 64.8 Å². The van der Waals surface area contributed by atoms with E-state index in [1.54, 1.807) is 12.3 Å². The number of carbonyl (C=O) groups excluding carboxylic acids is 1. The van der Waals surface area contributed by atoms with Crippen LogP contribution in [0.5, 0.6) is 0 Å². The second-order valence-electron chi connectivity index (χ2n) is 5.30. The summed E-state index contributed by atoms with van der Waals surface area (Å²) in [5, 5.41) is 7.85. The van der Waals surface area contributed by atoms with Crippen LogP contribution < -0.4 is 0 Å². The van der Waals surface area contributed by atoms with Crippen LogP contribution in [0.1, 0.15) is 40.6 Å². The smallest absolute Gasteiger partial charge is 0.270 e. The van der Waals surface area contributed by atoms with Crippen molar-refractivity contribution in [1.82, 2.24) is 20.1 Å². The van der Waals surface area contributed by atoms with Crippen LogP contribution in [0.4, 0.5) is 0 Å². The zero-order valence-electron chi connectivity index (χ0n) is 11.3. The van der Waals surface area contributed by atoms with Crippen LogP contribution in [0.3, 0.4) is 0 Å². The number of piperidine rings is 1. The Balaban J connectivity index is 1.73. The summed E-state index contributed by atoms with van der Waals surface area (Å²) in [7, 11) is 0. The molecule has 1 atom stereocenters. The Kier molecular flexibility index (Phi) is 3.53. The third-order valence-corrected chi connectivity index (χ3v) is 3.95. The van der Waals surface area contributed by atoms with Gasteiger partial charge in [0.15, 0.2) is 0 Å². The van der Waals surface area contributed by atoms with E-state index in [9.17, 15) is 4.79 Å². The molecule has 3 heterocycles. The fourth-order valence-corrected chi connectivity index (χ4v) is 2.88. The highest BCUT2D eigenvalue weighted by atomic mass is 35.5. The van der Waals surface area contributed by atoms with Crippen molar-refractivity contribution in [3.63, 3.8) is 0 Å². The Morgan fingerprint density at radius 1 is 1.50 bits per heavy atom. The number of carbonyl (C=O) groups is 1. The number of aryl methyl sites for hydroxylation is 1. The van der Waals surface area contributed by atoms with Crippen LogP contribution in [0, 0.1) is 6.92 Å². The molecule has 0 radical (unpaired) electrons. The zero-order chi connectivity index (χ0) is 14.1. The largest absolute Gasteiger partial charge is 0.356 e. The molecule has 1 aliphatic rings. The summed E-state index contributed by atoms with van der Waals surface area (Å²) in [6.45, 7) is 3.48. The number of nitrogens with zero attached hydrogens (tertiary/aromatic N) is 2.